The summed E-state index contributed by atoms with van der Waals surface area (Å²) in [7, 11) is 1.66. The van der Waals surface area contributed by atoms with Crippen molar-refractivity contribution >= 4 is 17.7 Å². The van der Waals surface area contributed by atoms with Crippen LogP contribution in [0.2, 0.25) is 0 Å². The zero-order valence-electron chi connectivity index (χ0n) is 20.1. The smallest absolute Gasteiger partial charge is 0.250 e. The molecule has 0 saturated carbocycles. The number of carbonyl (C=O) groups excluding carboxylic acids is 1. The van der Waals surface area contributed by atoms with Crippen molar-refractivity contribution in [2.45, 2.75) is 32.2 Å². The van der Waals surface area contributed by atoms with Gasteiger partial charge >= 0.3 is 0 Å². The standard InChI is InChI=1S/C28H29N5O2/c1-20-17-32(19-30-20)26-10-7-22(15-27(26)35-2)14-23-4-3-12-33(28(23)34)25-11-13-31(18-25)24-8-5-21(16-29)6-9-24/h5-10,14-15,17,19,25H,3-4,11-13,18H2,1-2H3/b23-14+. The van der Waals surface area contributed by atoms with Gasteiger partial charge in [-0.15, -0.1) is 0 Å². The van der Waals surface area contributed by atoms with Gasteiger partial charge in [0.25, 0.3) is 0 Å². The second-order valence-electron chi connectivity index (χ2n) is 9.17. The molecule has 0 bridgehead atoms. The molecular formula is C28H29N5O2. The van der Waals surface area contributed by atoms with E-state index >= 15 is 0 Å². The first-order valence-electron chi connectivity index (χ1n) is 12.0. The van der Waals surface area contributed by atoms with Gasteiger partial charge in [0.2, 0.25) is 5.91 Å². The van der Waals surface area contributed by atoms with Crippen LogP contribution in [0.5, 0.6) is 5.75 Å². The fourth-order valence-corrected chi connectivity index (χ4v) is 5.04. The molecule has 3 heterocycles. The van der Waals surface area contributed by atoms with Gasteiger partial charge in [-0.3, -0.25) is 4.79 Å². The van der Waals surface area contributed by atoms with Crippen LogP contribution >= 0.6 is 0 Å². The molecule has 1 atom stereocenters. The van der Waals surface area contributed by atoms with Crippen molar-refractivity contribution in [3.63, 3.8) is 0 Å². The summed E-state index contributed by atoms with van der Waals surface area (Å²) < 4.78 is 7.58. The highest BCUT2D eigenvalue weighted by atomic mass is 16.5. The summed E-state index contributed by atoms with van der Waals surface area (Å²) in [5.41, 5.74) is 5.43. The van der Waals surface area contributed by atoms with Crippen molar-refractivity contribution in [1.29, 1.82) is 5.26 Å². The second-order valence-corrected chi connectivity index (χ2v) is 9.17. The number of hydrogen-bond donors (Lipinski definition) is 0. The largest absolute Gasteiger partial charge is 0.495 e. The lowest BCUT2D eigenvalue weighted by Gasteiger charge is -2.34. The maximum Gasteiger partial charge on any atom is 0.250 e. The Morgan fingerprint density at radius 3 is 2.71 bits per heavy atom. The number of amides is 1. The van der Waals surface area contributed by atoms with Crippen LogP contribution in [-0.4, -0.2) is 53.1 Å². The van der Waals surface area contributed by atoms with Crippen LogP contribution in [0.15, 0.2) is 60.6 Å². The van der Waals surface area contributed by atoms with Crippen molar-refractivity contribution in [1.82, 2.24) is 14.5 Å². The highest BCUT2D eigenvalue weighted by molar-refractivity contribution is 5.98. The second kappa shape index (κ2) is 9.67. The maximum absolute atomic E-state index is 13.4. The third-order valence-corrected chi connectivity index (χ3v) is 6.88. The molecule has 35 heavy (non-hydrogen) atoms. The third-order valence-electron chi connectivity index (χ3n) is 6.88. The number of nitriles is 1. The average molecular weight is 468 g/mol. The number of methoxy groups -OCH3 is 1. The van der Waals surface area contributed by atoms with Gasteiger partial charge in [0.1, 0.15) is 5.75 Å². The predicted octanol–water partition coefficient (Wildman–Crippen LogP) is 4.35. The third kappa shape index (κ3) is 4.65. The number of nitrogens with zero attached hydrogens (tertiary/aromatic N) is 5. The number of benzene rings is 2. The molecular weight excluding hydrogens is 438 g/mol. The van der Waals surface area contributed by atoms with Crippen LogP contribution in [0.1, 0.15) is 36.1 Å². The molecule has 7 heteroatoms. The van der Waals surface area contributed by atoms with Gasteiger partial charge in [0.05, 0.1) is 42.5 Å². The highest BCUT2D eigenvalue weighted by Crippen LogP contribution is 2.30. The lowest BCUT2D eigenvalue weighted by atomic mass is 9.98. The molecule has 1 amide bonds. The Morgan fingerprint density at radius 1 is 1.17 bits per heavy atom. The van der Waals surface area contributed by atoms with Crippen molar-refractivity contribution in [3.05, 3.63) is 77.4 Å². The van der Waals surface area contributed by atoms with E-state index in [2.05, 4.69) is 20.9 Å². The lowest BCUT2D eigenvalue weighted by molar-refractivity contribution is -0.130. The molecule has 7 nitrogen and oxygen atoms in total. The van der Waals surface area contributed by atoms with E-state index in [1.54, 1.807) is 13.4 Å². The number of likely N-dealkylation sites (tertiary alicyclic amines) is 1. The molecule has 1 aromatic heterocycles. The van der Waals surface area contributed by atoms with E-state index in [-0.39, 0.29) is 11.9 Å². The van der Waals surface area contributed by atoms with E-state index in [4.69, 9.17) is 10.00 Å². The van der Waals surface area contributed by atoms with E-state index in [0.29, 0.717) is 5.56 Å². The van der Waals surface area contributed by atoms with Crippen LogP contribution in [0.25, 0.3) is 11.8 Å². The number of hydrogen-bond acceptors (Lipinski definition) is 5. The van der Waals surface area contributed by atoms with Gasteiger partial charge in [-0.25, -0.2) is 4.98 Å². The number of ether oxygens (including phenoxy) is 1. The van der Waals surface area contributed by atoms with E-state index in [1.807, 2.05) is 66.2 Å². The summed E-state index contributed by atoms with van der Waals surface area (Å²) in [5, 5.41) is 9.04. The molecule has 5 rings (SSSR count). The van der Waals surface area contributed by atoms with Gasteiger partial charge < -0.3 is 19.1 Å². The number of imidazole rings is 1. The first-order valence-corrected chi connectivity index (χ1v) is 12.0. The zero-order valence-corrected chi connectivity index (χ0v) is 20.1. The van der Waals surface area contributed by atoms with Gasteiger partial charge in [-0.05, 0) is 74.2 Å². The molecule has 0 N–H and O–H groups in total. The molecule has 2 aromatic carbocycles. The summed E-state index contributed by atoms with van der Waals surface area (Å²) in [6.45, 7) is 4.48. The summed E-state index contributed by atoms with van der Waals surface area (Å²) >= 11 is 0. The average Bonchev–Trinajstić information content (AvgIpc) is 3.55. The summed E-state index contributed by atoms with van der Waals surface area (Å²) in [6, 6.07) is 16.1. The van der Waals surface area contributed by atoms with Crippen molar-refractivity contribution in [3.8, 4) is 17.5 Å². The summed E-state index contributed by atoms with van der Waals surface area (Å²) in [5.74, 6) is 0.877. The highest BCUT2D eigenvalue weighted by Gasteiger charge is 2.34. The van der Waals surface area contributed by atoms with E-state index in [1.165, 1.54) is 0 Å². The molecule has 2 aliphatic rings. The SMILES string of the molecule is COc1cc(/C=C2\CCCN(C3CCN(c4ccc(C#N)cc4)C3)C2=O)ccc1-n1cnc(C)c1. The quantitative estimate of drug-likeness (QED) is 0.522. The Labute approximate surface area is 205 Å². The van der Waals surface area contributed by atoms with Gasteiger partial charge in [0.15, 0.2) is 0 Å². The van der Waals surface area contributed by atoms with Gasteiger partial charge in [0, 0.05) is 37.1 Å². The molecule has 2 fully saturated rings. The zero-order chi connectivity index (χ0) is 24.4. The molecule has 2 saturated heterocycles. The molecule has 178 valence electrons. The van der Waals surface area contributed by atoms with Crippen LogP contribution in [-0.2, 0) is 4.79 Å². The topological polar surface area (TPSA) is 74.4 Å². The monoisotopic (exact) mass is 467 g/mol. The van der Waals surface area contributed by atoms with Crippen molar-refractivity contribution < 1.29 is 9.53 Å². The fourth-order valence-electron chi connectivity index (χ4n) is 5.04. The van der Waals surface area contributed by atoms with Crippen LogP contribution in [0.4, 0.5) is 5.69 Å². The molecule has 0 radical (unpaired) electrons. The Bertz CT molecular complexity index is 1300. The molecule has 0 aliphatic carbocycles. The first-order chi connectivity index (χ1) is 17.1. The molecule has 3 aromatic rings. The number of aromatic nitrogens is 2. The summed E-state index contributed by atoms with van der Waals surface area (Å²) in [4.78, 5) is 22.1. The number of anilines is 1. The Morgan fingerprint density at radius 2 is 2.00 bits per heavy atom. The Balaban J connectivity index is 1.31. The predicted molar refractivity (Wildman–Crippen MR) is 136 cm³/mol. The maximum atomic E-state index is 13.4. The van der Waals surface area contributed by atoms with Crippen molar-refractivity contribution in [2.24, 2.45) is 0 Å². The van der Waals surface area contributed by atoms with E-state index < -0.39 is 0 Å². The fraction of sp³-hybridized carbons (Fsp3) is 0.321. The van der Waals surface area contributed by atoms with Crippen LogP contribution < -0.4 is 9.64 Å². The number of aryl methyl sites for hydroxylation is 1. The van der Waals surface area contributed by atoms with Crippen molar-refractivity contribution in [2.75, 3.05) is 31.6 Å². The molecule has 1 unspecified atom stereocenters. The van der Waals surface area contributed by atoms with E-state index in [9.17, 15) is 4.79 Å². The van der Waals surface area contributed by atoms with Crippen LogP contribution in [0, 0.1) is 18.3 Å². The lowest BCUT2D eigenvalue weighted by Crippen LogP contribution is -2.45. The number of carbonyl (C=O) groups is 1. The normalized spacial score (nSPS) is 19.3. The van der Waals surface area contributed by atoms with E-state index in [0.717, 1.165) is 72.9 Å². The number of piperidine rings is 1. The minimum Gasteiger partial charge on any atom is -0.495 e. The first kappa shape index (κ1) is 22.7. The minimum absolute atomic E-state index is 0.135. The van der Waals surface area contributed by atoms with Gasteiger partial charge in [-0.2, -0.15) is 5.26 Å². The Hall–Kier alpha value is -4.05. The minimum atomic E-state index is 0.135. The molecule has 2 aliphatic heterocycles. The number of rotatable bonds is 5. The molecule has 0 spiro atoms. The Kier molecular flexibility index (Phi) is 6.28. The van der Waals surface area contributed by atoms with Crippen LogP contribution in [0.3, 0.4) is 0 Å². The summed E-state index contributed by atoms with van der Waals surface area (Å²) in [6.07, 6.45) is 8.44. The van der Waals surface area contributed by atoms with Gasteiger partial charge in [-0.1, -0.05) is 6.07 Å².